The second kappa shape index (κ2) is 4.32. The van der Waals surface area contributed by atoms with Gasteiger partial charge >= 0.3 is 0 Å². The summed E-state index contributed by atoms with van der Waals surface area (Å²) in [6.07, 6.45) is 2.28. The Morgan fingerprint density at radius 3 is 2.85 bits per heavy atom. The van der Waals surface area contributed by atoms with Crippen LogP contribution in [0.25, 0.3) is 0 Å². The van der Waals surface area contributed by atoms with Gasteiger partial charge in [0.15, 0.2) is 0 Å². The van der Waals surface area contributed by atoms with Crippen molar-refractivity contribution in [1.82, 2.24) is 9.80 Å². The lowest BCUT2D eigenvalue weighted by Gasteiger charge is -2.36. The van der Waals surface area contributed by atoms with Crippen LogP contribution in [-0.2, 0) is 0 Å². The third-order valence-corrected chi connectivity index (χ3v) is 2.55. The topological polar surface area (TPSA) is 65.1 Å². The third kappa shape index (κ3) is 2.48. The van der Waals surface area contributed by atoms with Gasteiger partial charge in [0.25, 0.3) is 0 Å². The summed E-state index contributed by atoms with van der Waals surface area (Å²) >= 11 is 0. The van der Waals surface area contributed by atoms with E-state index in [0.717, 1.165) is 19.5 Å². The number of hydrogen-bond donors (Lipinski definition) is 2. The van der Waals surface area contributed by atoms with E-state index in [4.69, 9.17) is 10.9 Å². The third-order valence-electron chi connectivity index (χ3n) is 2.55. The number of hydrogen-bond acceptors (Lipinski definition) is 3. The predicted molar refractivity (Wildman–Crippen MR) is 51.7 cm³/mol. The fourth-order valence-electron chi connectivity index (χ4n) is 1.65. The van der Waals surface area contributed by atoms with Gasteiger partial charge in [-0.2, -0.15) is 0 Å². The summed E-state index contributed by atoms with van der Waals surface area (Å²) in [6.45, 7) is 1.74. The maximum absolute atomic E-state index is 8.52. The lowest BCUT2D eigenvalue weighted by molar-refractivity contribution is 0.178. The molecule has 0 aliphatic carbocycles. The van der Waals surface area contributed by atoms with Gasteiger partial charge in [-0.25, -0.2) is 0 Å². The molecule has 0 radical (unpaired) electrons. The molecule has 0 aromatic heterocycles. The van der Waals surface area contributed by atoms with E-state index >= 15 is 0 Å². The zero-order valence-corrected chi connectivity index (χ0v) is 8.27. The number of nitrogens with zero attached hydrogens (tertiary/aromatic N) is 3. The van der Waals surface area contributed by atoms with E-state index < -0.39 is 0 Å². The Morgan fingerprint density at radius 1 is 1.62 bits per heavy atom. The lowest BCUT2D eigenvalue weighted by Crippen LogP contribution is -2.49. The molecular formula is C8H18N4O. The van der Waals surface area contributed by atoms with Crippen molar-refractivity contribution in [3.63, 3.8) is 0 Å². The molecule has 0 aromatic rings. The van der Waals surface area contributed by atoms with E-state index in [2.05, 4.69) is 24.2 Å². The van der Waals surface area contributed by atoms with Gasteiger partial charge in [0, 0.05) is 19.1 Å². The molecule has 1 unspecified atom stereocenters. The average Bonchev–Trinajstić information content (AvgIpc) is 2.17. The van der Waals surface area contributed by atoms with Crippen LogP contribution in [0.2, 0.25) is 0 Å². The molecule has 0 bridgehead atoms. The lowest BCUT2D eigenvalue weighted by atomic mass is 10.1. The molecule has 1 fully saturated rings. The Morgan fingerprint density at radius 2 is 2.31 bits per heavy atom. The van der Waals surface area contributed by atoms with E-state index in [1.54, 1.807) is 0 Å². The quantitative estimate of drug-likeness (QED) is 0.256. The Bertz CT molecular complexity index is 193. The van der Waals surface area contributed by atoms with E-state index in [-0.39, 0.29) is 5.96 Å². The van der Waals surface area contributed by atoms with Gasteiger partial charge in [0.05, 0.1) is 0 Å². The van der Waals surface area contributed by atoms with Crippen molar-refractivity contribution in [2.24, 2.45) is 10.9 Å². The van der Waals surface area contributed by atoms with Crippen molar-refractivity contribution >= 4 is 5.96 Å². The molecule has 5 nitrogen and oxygen atoms in total. The predicted octanol–water partition coefficient (Wildman–Crippen LogP) is -0.284. The first-order valence-electron chi connectivity index (χ1n) is 4.54. The second-order valence-electron chi connectivity index (χ2n) is 3.66. The first-order chi connectivity index (χ1) is 6.15. The summed E-state index contributed by atoms with van der Waals surface area (Å²) < 4.78 is 0. The standard InChI is InChI=1S/C8H18N4O/c1-11(2)7-4-3-5-12(6-7)8(9)10-13/h7,13H,3-6H2,1-2H3,(H2,9,10). The van der Waals surface area contributed by atoms with Crippen molar-refractivity contribution in [3.8, 4) is 0 Å². The second-order valence-corrected chi connectivity index (χ2v) is 3.66. The normalized spacial score (nSPS) is 25.3. The molecule has 0 saturated carbocycles. The summed E-state index contributed by atoms with van der Waals surface area (Å²) in [5, 5.41) is 11.5. The molecule has 0 amide bonds. The minimum atomic E-state index is 0.228. The van der Waals surface area contributed by atoms with Crippen LogP contribution in [0.15, 0.2) is 5.16 Å². The van der Waals surface area contributed by atoms with Crippen molar-refractivity contribution in [2.45, 2.75) is 18.9 Å². The summed E-state index contributed by atoms with van der Waals surface area (Å²) in [5.41, 5.74) is 5.52. The molecule has 1 atom stereocenters. The van der Waals surface area contributed by atoms with Gasteiger partial charge in [0.1, 0.15) is 0 Å². The maximum Gasteiger partial charge on any atom is 0.233 e. The number of likely N-dealkylation sites (tertiary alicyclic amines) is 1. The van der Waals surface area contributed by atoms with Crippen LogP contribution in [-0.4, -0.2) is 54.2 Å². The number of guanidine groups is 1. The highest BCUT2D eigenvalue weighted by atomic mass is 16.4. The van der Waals surface area contributed by atoms with Crippen LogP contribution in [0.3, 0.4) is 0 Å². The van der Waals surface area contributed by atoms with Crippen LogP contribution in [0, 0.1) is 0 Å². The van der Waals surface area contributed by atoms with Crippen molar-refractivity contribution < 1.29 is 5.21 Å². The average molecular weight is 186 g/mol. The van der Waals surface area contributed by atoms with Gasteiger partial charge in [-0.05, 0) is 26.9 Å². The van der Waals surface area contributed by atoms with Crippen LogP contribution < -0.4 is 5.73 Å². The minimum Gasteiger partial charge on any atom is -0.408 e. The Balaban J connectivity index is 2.51. The van der Waals surface area contributed by atoms with E-state index in [0.29, 0.717) is 6.04 Å². The Hall–Kier alpha value is -0.970. The van der Waals surface area contributed by atoms with Crippen LogP contribution >= 0.6 is 0 Å². The largest absolute Gasteiger partial charge is 0.408 e. The smallest absolute Gasteiger partial charge is 0.233 e. The van der Waals surface area contributed by atoms with Gasteiger partial charge in [0.2, 0.25) is 5.96 Å². The Labute approximate surface area is 78.8 Å². The number of nitrogens with two attached hydrogens (primary N) is 1. The van der Waals surface area contributed by atoms with E-state index in [9.17, 15) is 0 Å². The van der Waals surface area contributed by atoms with Gasteiger partial charge in [-0.1, -0.05) is 5.16 Å². The monoisotopic (exact) mass is 186 g/mol. The van der Waals surface area contributed by atoms with Crippen LogP contribution in [0.5, 0.6) is 0 Å². The highest BCUT2D eigenvalue weighted by Crippen LogP contribution is 2.12. The summed E-state index contributed by atoms with van der Waals surface area (Å²) in [6, 6.07) is 0.508. The van der Waals surface area contributed by atoms with Gasteiger partial charge < -0.3 is 20.7 Å². The number of piperidine rings is 1. The molecule has 1 aliphatic rings. The number of oxime groups is 1. The first-order valence-corrected chi connectivity index (χ1v) is 4.54. The maximum atomic E-state index is 8.52. The fourth-order valence-corrected chi connectivity index (χ4v) is 1.65. The molecule has 0 aromatic carbocycles. The van der Waals surface area contributed by atoms with Gasteiger partial charge in [-0.3, -0.25) is 0 Å². The Kier molecular flexibility index (Phi) is 3.36. The minimum absolute atomic E-state index is 0.228. The fraction of sp³-hybridized carbons (Fsp3) is 0.875. The molecule has 0 spiro atoms. The van der Waals surface area contributed by atoms with Crippen molar-refractivity contribution in [1.29, 1.82) is 0 Å². The zero-order chi connectivity index (χ0) is 9.84. The first kappa shape index (κ1) is 10.1. The molecule has 5 heteroatoms. The summed E-state index contributed by atoms with van der Waals surface area (Å²) in [4.78, 5) is 4.09. The molecule has 1 heterocycles. The zero-order valence-electron chi connectivity index (χ0n) is 8.27. The molecule has 1 rings (SSSR count). The number of likely N-dealkylation sites (N-methyl/N-ethyl adjacent to an activating group) is 1. The highest BCUT2D eigenvalue weighted by molar-refractivity contribution is 5.77. The van der Waals surface area contributed by atoms with E-state index in [1.165, 1.54) is 6.42 Å². The highest BCUT2D eigenvalue weighted by Gasteiger charge is 2.22. The number of rotatable bonds is 1. The molecule has 1 aliphatic heterocycles. The van der Waals surface area contributed by atoms with Crippen LogP contribution in [0.1, 0.15) is 12.8 Å². The van der Waals surface area contributed by atoms with Gasteiger partial charge in [-0.15, -0.1) is 0 Å². The SMILES string of the molecule is CN(C)C1CCCN(C(N)=NO)C1. The van der Waals surface area contributed by atoms with Crippen molar-refractivity contribution in [3.05, 3.63) is 0 Å². The molecule has 13 heavy (non-hydrogen) atoms. The summed E-state index contributed by atoms with van der Waals surface area (Å²) in [7, 11) is 4.11. The molecule has 3 N–H and O–H groups in total. The van der Waals surface area contributed by atoms with E-state index in [1.807, 2.05) is 4.90 Å². The molecule has 1 saturated heterocycles. The summed E-state index contributed by atoms with van der Waals surface area (Å²) in [5.74, 6) is 0.228. The van der Waals surface area contributed by atoms with Crippen molar-refractivity contribution in [2.75, 3.05) is 27.2 Å². The molecular weight excluding hydrogens is 168 g/mol. The molecule has 76 valence electrons. The van der Waals surface area contributed by atoms with Crippen LogP contribution in [0.4, 0.5) is 0 Å².